The van der Waals surface area contributed by atoms with E-state index in [0.717, 1.165) is 30.6 Å². The maximum atomic E-state index is 12.1. The zero-order valence-electron chi connectivity index (χ0n) is 12.6. The molecule has 0 bridgehead atoms. The molecule has 2 N–H and O–H groups in total. The van der Waals surface area contributed by atoms with E-state index in [1.165, 1.54) is 5.56 Å². The summed E-state index contributed by atoms with van der Waals surface area (Å²) in [5, 5.41) is 0. The minimum Gasteiger partial charge on any atom is -0.322 e. The van der Waals surface area contributed by atoms with Crippen molar-refractivity contribution in [1.29, 1.82) is 0 Å². The van der Waals surface area contributed by atoms with Crippen LogP contribution in [0.15, 0.2) is 18.2 Å². The number of hydrogen-bond acceptors (Lipinski definition) is 2. The molecular formula is C16H26N2O. The van der Waals surface area contributed by atoms with Crippen molar-refractivity contribution in [2.75, 3.05) is 18.0 Å². The minimum absolute atomic E-state index is 0.00431. The second-order valence-corrected chi connectivity index (χ2v) is 5.37. The molecule has 3 heteroatoms. The summed E-state index contributed by atoms with van der Waals surface area (Å²) < 4.78 is 0. The van der Waals surface area contributed by atoms with E-state index in [0.29, 0.717) is 5.92 Å². The van der Waals surface area contributed by atoms with Crippen LogP contribution >= 0.6 is 0 Å². The molecule has 1 aromatic rings. The van der Waals surface area contributed by atoms with Crippen molar-refractivity contribution in [3.63, 3.8) is 0 Å². The van der Waals surface area contributed by atoms with Gasteiger partial charge in [0.2, 0.25) is 5.91 Å². The molecular weight excluding hydrogens is 236 g/mol. The molecule has 0 unspecified atom stereocenters. The lowest BCUT2D eigenvalue weighted by Gasteiger charge is -2.27. The predicted octanol–water partition coefficient (Wildman–Crippen LogP) is 2.90. The van der Waals surface area contributed by atoms with Gasteiger partial charge in [-0.25, -0.2) is 0 Å². The van der Waals surface area contributed by atoms with E-state index < -0.39 is 0 Å². The first kappa shape index (κ1) is 15.7. The van der Waals surface area contributed by atoms with Crippen LogP contribution in [0.1, 0.15) is 38.3 Å². The number of rotatable bonds is 6. The molecule has 0 aliphatic heterocycles. The van der Waals surface area contributed by atoms with Gasteiger partial charge in [0.25, 0.3) is 0 Å². The standard InChI is InChI=1S/C16H26N2O/c1-5-14-8-6-7-13(4)16(14)18(15(19)11-17)10-9-12(2)3/h6-8,12H,5,9-11,17H2,1-4H3. The molecule has 0 aliphatic rings. The molecule has 0 fully saturated rings. The lowest BCUT2D eigenvalue weighted by Crippen LogP contribution is -2.38. The summed E-state index contributed by atoms with van der Waals surface area (Å²) in [4.78, 5) is 14.0. The molecule has 0 radical (unpaired) electrons. The smallest absolute Gasteiger partial charge is 0.240 e. The highest BCUT2D eigenvalue weighted by Crippen LogP contribution is 2.26. The first-order valence-corrected chi connectivity index (χ1v) is 7.10. The van der Waals surface area contributed by atoms with Gasteiger partial charge in [0.05, 0.1) is 6.54 Å². The molecule has 0 aromatic heterocycles. The minimum atomic E-state index is 0.00431. The van der Waals surface area contributed by atoms with E-state index in [-0.39, 0.29) is 12.5 Å². The average molecular weight is 262 g/mol. The first-order valence-electron chi connectivity index (χ1n) is 7.10. The van der Waals surface area contributed by atoms with Crippen molar-refractivity contribution >= 4 is 11.6 Å². The van der Waals surface area contributed by atoms with E-state index in [4.69, 9.17) is 5.73 Å². The Morgan fingerprint density at radius 2 is 2.05 bits per heavy atom. The number of anilines is 1. The number of carbonyl (C=O) groups excluding carboxylic acids is 1. The Labute approximate surface area is 116 Å². The summed E-state index contributed by atoms with van der Waals surface area (Å²) >= 11 is 0. The highest BCUT2D eigenvalue weighted by Gasteiger charge is 2.19. The maximum absolute atomic E-state index is 12.1. The number of benzene rings is 1. The quantitative estimate of drug-likeness (QED) is 0.857. The van der Waals surface area contributed by atoms with Gasteiger partial charge in [-0.15, -0.1) is 0 Å². The van der Waals surface area contributed by atoms with Crippen LogP contribution in [0.2, 0.25) is 0 Å². The Bertz CT molecular complexity index is 427. The number of nitrogens with two attached hydrogens (primary N) is 1. The third kappa shape index (κ3) is 4.06. The molecule has 19 heavy (non-hydrogen) atoms. The second kappa shape index (κ2) is 7.29. The Morgan fingerprint density at radius 1 is 1.37 bits per heavy atom. The molecule has 0 spiro atoms. The number of amides is 1. The number of para-hydroxylation sites is 1. The Morgan fingerprint density at radius 3 is 2.58 bits per heavy atom. The monoisotopic (exact) mass is 262 g/mol. The van der Waals surface area contributed by atoms with Crippen LogP contribution in [0, 0.1) is 12.8 Å². The summed E-state index contributed by atoms with van der Waals surface area (Å²) in [5.74, 6) is 0.576. The molecule has 106 valence electrons. The van der Waals surface area contributed by atoms with Crippen LogP contribution in [0.4, 0.5) is 5.69 Å². The topological polar surface area (TPSA) is 46.3 Å². The average Bonchev–Trinajstić information content (AvgIpc) is 2.39. The molecule has 1 aromatic carbocycles. The van der Waals surface area contributed by atoms with Gasteiger partial charge in [-0.3, -0.25) is 4.79 Å². The molecule has 1 rings (SSSR count). The van der Waals surface area contributed by atoms with Gasteiger partial charge in [0.1, 0.15) is 0 Å². The molecule has 0 saturated carbocycles. The van der Waals surface area contributed by atoms with Crippen LogP contribution in [0.3, 0.4) is 0 Å². The van der Waals surface area contributed by atoms with Crippen molar-refractivity contribution < 1.29 is 4.79 Å². The summed E-state index contributed by atoms with van der Waals surface area (Å²) in [5.41, 5.74) is 8.98. The fourth-order valence-electron chi connectivity index (χ4n) is 2.25. The van der Waals surface area contributed by atoms with Crippen LogP contribution < -0.4 is 10.6 Å². The first-order chi connectivity index (χ1) is 9.01. The summed E-state index contributed by atoms with van der Waals surface area (Å²) in [7, 11) is 0. The van der Waals surface area contributed by atoms with E-state index >= 15 is 0 Å². The number of carbonyl (C=O) groups is 1. The second-order valence-electron chi connectivity index (χ2n) is 5.37. The largest absolute Gasteiger partial charge is 0.322 e. The molecule has 0 saturated heterocycles. The van der Waals surface area contributed by atoms with Crippen molar-refractivity contribution in [2.45, 2.75) is 40.5 Å². The SMILES string of the molecule is CCc1cccc(C)c1N(CCC(C)C)C(=O)CN. The van der Waals surface area contributed by atoms with Crippen molar-refractivity contribution in [3.8, 4) is 0 Å². The van der Waals surface area contributed by atoms with Crippen LogP contribution in [-0.4, -0.2) is 19.0 Å². The lowest BCUT2D eigenvalue weighted by molar-refractivity contribution is -0.117. The third-order valence-electron chi connectivity index (χ3n) is 3.38. The van der Waals surface area contributed by atoms with Gasteiger partial charge in [-0.05, 0) is 36.8 Å². The number of hydrogen-bond donors (Lipinski definition) is 1. The molecule has 1 amide bonds. The van der Waals surface area contributed by atoms with E-state index in [1.807, 2.05) is 11.0 Å². The van der Waals surface area contributed by atoms with Gasteiger partial charge < -0.3 is 10.6 Å². The van der Waals surface area contributed by atoms with Crippen molar-refractivity contribution in [3.05, 3.63) is 29.3 Å². The van der Waals surface area contributed by atoms with Crippen molar-refractivity contribution in [2.24, 2.45) is 11.7 Å². The van der Waals surface area contributed by atoms with Gasteiger partial charge in [-0.1, -0.05) is 39.0 Å². The highest BCUT2D eigenvalue weighted by molar-refractivity contribution is 5.96. The normalized spacial score (nSPS) is 10.8. The number of aryl methyl sites for hydroxylation is 2. The van der Waals surface area contributed by atoms with E-state index in [9.17, 15) is 4.79 Å². The fraction of sp³-hybridized carbons (Fsp3) is 0.562. The number of nitrogens with zero attached hydrogens (tertiary/aromatic N) is 1. The van der Waals surface area contributed by atoms with Crippen LogP contribution in [0.25, 0.3) is 0 Å². The predicted molar refractivity (Wildman–Crippen MR) is 81.4 cm³/mol. The molecule has 0 atom stereocenters. The summed E-state index contributed by atoms with van der Waals surface area (Å²) in [6.07, 6.45) is 1.91. The van der Waals surface area contributed by atoms with Crippen LogP contribution in [-0.2, 0) is 11.2 Å². The highest BCUT2D eigenvalue weighted by atomic mass is 16.2. The fourth-order valence-corrected chi connectivity index (χ4v) is 2.25. The summed E-state index contributed by atoms with van der Waals surface area (Å²) in [6, 6.07) is 6.19. The molecule has 0 heterocycles. The Kier molecular flexibility index (Phi) is 6.03. The van der Waals surface area contributed by atoms with Gasteiger partial charge in [0.15, 0.2) is 0 Å². The van der Waals surface area contributed by atoms with Gasteiger partial charge in [0, 0.05) is 12.2 Å². The Balaban J connectivity index is 3.13. The van der Waals surface area contributed by atoms with Crippen molar-refractivity contribution in [1.82, 2.24) is 0 Å². The molecule has 3 nitrogen and oxygen atoms in total. The summed E-state index contributed by atoms with van der Waals surface area (Å²) in [6.45, 7) is 9.32. The zero-order valence-corrected chi connectivity index (χ0v) is 12.6. The van der Waals surface area contributed by atoms with E-state index in [2.05, 4.69) is 39.8 Å². The lowest BCUT2D eigenvalue weighted by atomic mass is 10.0. The Hall–Kier alpha value is -1.35. The third-order valence-corrected chi connectivity index (χ3v) is 3.38. The molecule has 0 aliphatic carbocycles. The van der Waals surface area contributed by atoms with E-state index in [1.54, 1.807) is 0 Å². The van der Waals surface area contributed by atoms with Gasteiger partial charge in [-0.2, -0.15) is 0 Å². The maximum Gasteiger partial charge on any atom is 0.240 e. The zero-order chi connectivity index (χ0) is 14.4. The van der Waals surface area contributed by atoms with Gasteiger partial charge >= 0.3 is 0 Å². The van der Waals surface area contributed by atoms with Crippen LogP contribution in [0.5, 0.6) is 0 Å².